The van der Waals surface area contributed by atoms with Gasteiger partial charge in [0.15, 0.2) is 0 Å². The highest BCUT2D eigenvalue weighted by Gasteiger charge is 2.25. The summed E-state index contributed by atoms with van der Waals surface area (Å²) >= 11 is 1.34. The molecule has 1 N–H and O–H groups in total. The van der Waals surface area contributed by atoms with Crippen molar-refractivity contribution in [3.8, 4) is 5.69 Å². The Kier molecular flexibility index (Phi) is 6.73. The molecular weight excluding hydrogens is 411 g/mol. The smallest absolute Gasteiger partial charge is 0.226 e. The Labute approximate surface area is 186 Å². The van der Waals surface area contributed by atoms with E-state index in [9.17, 15) is 9.18 Å². The minimum absolute atomic E-state index is 0.0482. The Morgan fingerprint density at radius 2 is 1.81 bits per heavy atom. The summed E-state index contributed by atoms with van der Waals surface area (Å²) in [6.07, 6.45) is 4.06. The van der Waals surface area contributed by atoms with Crippen LogP contribution in [-0.4, -0.2) is 33.7 Å². The van der Waals surface area contributed by atoms with Gasteiger partial charge in [0.1, 0.15) is 5.82 Å². The minimum atomic E-state index is -0.232. The molecule has 0 aliphatic carbocycles. The second-order valence-electron chi connectivity index (χ2n) is 8.06. The van der Waals surface area contributed by atoms with Crippen LogP contribution in [0.5, 0.6) is 0 Å². The molecule has 1 aliphatic heterocycles. The molecule has 0 bridgehead atoms. The lowest BCUT2D eigenvalue weighted by Gasteiger charge is -2.32. The largest absolute Gasteiger partial charge is 0.299 e. The van der Waals surface area contributed by atoms with Crippen LogP contribution in [0, 0.1) is 12.7 Å². The van der Waals surface area contributed by atoms with Gasteiger partial charge in [-0.05, 0) is 92.3 Å². The number of amides is 1. The van der Waals surface area contributed by atoms with E-state index in [1.807, 2.05) is 23.0 Å². The molecule has 2 heterocycles. The van der Waals surface area contributed by atoms with Crippen molar-refractivity contribution < 1.29 is 9.18 Å². The summed E-state index contributed by atoms with van der Waals surface area (Å²) in [5.41, 5.74) is 4.61. The van der Waals surface area contributed by atoms with E-state index < -0.39 is 0 Å². The number of nitrogens with zero attached hydrogens (tertiary/aromatic N) is 3. The summed E-state index contributed by atoms with van der Waals surface area (Å²) in [5.74, 6) is 0.164. The van der Waals surface area contributed by atoms with Crippen LogP contribution in [0.4, 0.5) is 4.39 Å². The van der Waals surface area contributed by atoms with Crippen LogP contribution in [0.3, 0.4) is 0 Å². The summed E-state index contributed by atoms with van der Waals surface area (Å²) in [6, 6.07) is 14.9. The Balaban J connectivity index is 1.37. The highest BCUT2D eigenvalue weighted by atomic mass is 32.2. The fraction of sp³-hybridized carbons (Fsp3) is 0.333. The van der Waals surface area contributed by atoms with Gasteiger partial charge in [0.05, 0.1) is 17.6 Å². The highest BCUT2D eigenvalue weighted by molar-refractivity contribution is 7.98. The van der Waals surface area contributed by atoms with Crippen molar-refractivity contribution in [3.05, 3.63) is 77.4 Å². The lowest BCUT2D eigenvalue weighted by atomic mass is 9.91. The zero-order valence-corrected chi connectivity index (χ0v) is 18.7. The molecular formula is C24H27FN4OS. The molecule has 7 heteroatoms. The Morgan fingerprint density at radius 1 is 1.13 bits per heavy atom. The predicted octanol–water partition coefficient (Wildman–Crippen LogP) is 4.84. The number of carbonyl (C=O) groups excluding carboxylic acids is 1. The van der Waals surface area contributed by atoms with Crippen molar-refractivity contribution in [3.63, 3.8) is 0 Å². The standard InChI is InChI=1S/C24H27FN4OS/c1-17-15-26-29(22-7-5-21(25)6-8-22)24(17)20-11-13-28(14-12-20)16-19-3-9-23(10-4-19)31-27-18(2)30/h3-10,15,20H,11-14,16H2,1-2H3,(H,27,30). The fourth-order valence-electron chi connectivity index (χ4n) is 4.14. The number of nitrogens with one attached hydrogen (secondary N) is 1. The summed E-state index contributed by atoms with van der Waals surface area (Å²) in [4.78, 5) is 14.6. The van der Waals surface area contributed by atoms with Crippen LogP contribution in [0.15, 0.2) is 59.6 Å². The lowest BCUT2D eigenvalue weighted by Crippen LogP contribution is -2.33. The van der Waals surface area contributed by atoms with Crippen molar-refractivity contribution in [2.45, 2.75) is 44.0 Å². The normalized spacial score (nSPS) is 15.2. The molecule has 0 unspecified atom stereocenters. The van der Waals surface area contributed by atoms with Gasteiger partial charge >= 0.3 is 0 Å². The van der Waals surface area contributed by atoms with Crippen LogP contribution in [0.25, 0.3) is 5.69 Å². The Bertz CT molecular complexity index is 1020. The second-order valence-corrected chi connectivity index (χ2v) is 8.94. The maximum absolute atomic E-state index is 13.3. The van der Waals surface area contributed by atoms with E-state index in [0.717, 1.165) is 43.1 Å². The SMILES string of the molecule is CC(=O)NSc1ccc(CN2CCC(c3c(C)cnn3-c3ccc(F)cc3)CC2)cc1. The van der Waals surface area contributed by atoms with Gasteiger partial charge in [0.25, 0.3) is 0 Å². The first-order valence-corrected chi connectivity index (χ1v) is 11.4. The molecule has 31 heavy (non-hydrogen) atoms. The third-order valence-corrected chi connectivity index (χ3v) is 6.58. The van der Waals surface area contributed by atoms with Gasteiger partial charge in [0.2, 0.25) is 5.91 Å². The third-order valence-electron chi connectivity index (χ3n) is 5.69. The van der Waals surface area contributed by atoms with E-state index in [0.29, 0.717) is 5.92 Å². The molecule has 5 nitrogen and oxygen atoms in total. The van der Waals surface area contributed by atoms with Gasteiger partial charge in [-0.2, -0.15) is 5.10 Å². The van der Waals surface area contributed by atoms with Crippen LogP contribution in [0.1, 0.15) is 42.5 Å². The van der Waals surface area contributed by atoms with Gasteiger partial charge in [-0.1, -0.05) is 12.1 Å². The number of rotatable bonds is 6. The van der Waals surface area contributed by atoms with Crippen molar-refractivity contribution in [1.29, 1.82) is 0 Å². The van der Waals surface area contributed by atoms with Crippen LogP contribution >= 0.6 is 11.9 Å². The highest BCUT2D eigenvalue weighted by Crippen LogP contribution is 2.32. The maximum atomic E-state index is 13.3. The molecule has 4 rings (SSSR count). The van der Waals surface area contributed by atoms with Gasteiger partial charge in [-0.15, -0.1) is 0 Å². The number of aromatic nitrogens is 2. The summed E-state index contributed by atoms with van der Waals surface area (Å²) in [7, 11) is 0. The quantitative estimate of drug-likeness (QED) is 0.560. The van der Waals surface area contributed by atoms with Crippen molar-refractivity contribution in [2.24, 2.45) is 0 Å². The average Bonchev–Trinajstić information content (AvgIpc) is 3.15. The predicted molar refractivity (Wildman–Crippen MR) is 122 cm³/mol. The van der Waals surface area contributed by atoms with Crippen LogP contribution < -0.4 is 4.72 Å². The van der Waals surface area contributed by atoms with Gasteiger partial charge in [0, 0.05) is 24.3 Å². The Morgan fingerprint density at radius 3 is 2.45 bits per heavy atom. The minimum Gasteiger partial charge on any atom is -0.299 e. The Hall–Kier alpha value is -2.64. The van der Waals surface area contributed by atoms with Crippen LogP contribution in [0.2, 0.25) is 0 Å². The van der Waals surface area contributed by atoms with E-state index in [1.54, 1.807) is 12.1 Å². The number of piperidine rings is 1. The molecule has 1 amide bonds. The van der Waals surface area contributed by atoms with E-state index in [2.05, 4.69) is 33.8 Å². The van der Waals surface area contributed by atoms with Crippen molar-refractivity contribution in [1.82, 2.24) is 19.4 Å². The van der Waals surface area contributed by atoms with Crippen LogP contribution in [-0.2, 0) is 11.3 Å². The van der Waals surface area contributed by atoms with Crippen molar-refractivity contribution >= 4 is 17.9 Å². The third kappa shape index (κ3) is 5.35. The number of halogens is 1. The first-order valence-electron chi connectivity index (χ1n) is 10.5. The number of benzene rings is 2. The number of likely N-dealkylation sites (tertiary alicyclic amines) is 1. The van der Waals surface area contributed by atoms with E-state index in [-0.39, 0.29) is 11.7 Å². The molecule has 1 saturated heterocycles. The fourth-order valence-corrected chi connectivity index (χ4v) is 4.67. The first-order chi connectivity index (χ1) is 15.0. The number of hydrogen-bond donors (Lipinski definition) is 1. The molecule has 1 aromatic heterocycles. The molecule has 0 spiro atoms. The van der Waals surface area contributed by atoms with E-state index >= 15 is 0 Å². The zero-order valence-electron chi connectivity index (χ0n) is 17.8. The molecule has 0 radical (unpaired) electrons. The molecule has 0 atom stereocenters. The second kappa shape index (κ2) is 9.66. The number of hydrogen-bond acceptors (Lipinski definition) is 4. The number of aryl methyl sites for hydroxylation is 1. The summed E-state index contributed by atoms with van der Waals surface area (Å²) in [5, 5.41) is 4.56. The molecule has 1 fully saturated rings. The molecule has 2 aromatic carbocycles. The molecule has 0 saturated carbocycles. The average molecular weight is 439 g/mol. The topological polar surface area (TPSA) is 50.2 Å². The van der Waals surface area contributed by atoms with E-state index in [1.165, 1.54) is 47.8 Å². The molecule has 162 valence electrons. The van der Waals surface area contributed by atoms with Gasteiger partial charge in [-0.3, -0.25) is 14.4 Å². The van der Waals surface area contributed by atoms with Crippen molar-refractivity contribution in [2.75, 3.05) is 13.1 Å². The van der Waals surface area contributed by atoms with Gasteiger partial charge < -0.3 is 0 Å². The first kappa shape index (κ1) is 21.6. The summed E-state index contributed by atoms with van der Waals surface area (Å²) < 4.78 is 18.0. The number of carbonyl (C=O) groups is 1. The summed E-state index contributed by atoms with van der Waals surface area (Å²) in [6.45, 7) is 6.60. The lowest BCUT2D eigenvalue weighted by molar-refractivity contribution is -0.117. The monoisotopic (exact) mass is 438 g/mol. The maximum Gasteiger partial charge on any atom is 0.226 e. The molecule has 3 aromatic rings. The van der Waals surface area contributed by atoms with E-state index in [4.69, 9.17) is 0 Å². The van der Waals surface area contributed by atoms with Gasteiger partial charge in [-0.25, -0.2) is 9.07 Å². The molecule has 1 aliphatic rings. The zero-order chi connectivity index (χ0) is 21.8.